The molecule has 0 aliphatic carbocycles. The van der Waals surface area contributed by atoms with Crippen molar-refractivity contribution in [1.29, 1.82) is 0 Å². The van der Waals surface area contributed by atoms with Crippen LogP contribution in [0.5, 0.6) is 5.75 Å². The van der Waals surface area contributed by atoms with Gasteiger partial charge >= 0.3 is 0 Å². The van der Waals surface area contributed by atoms with Crippen molar-refractivity contribution in [3.63, 3.8) is 0 Å². The van der Waals surface area contributed by atoms with Gasteiger partial charge in [0.25, 0.3) is 0 Å². The summed E-state index contributed by atoms with van der Waals surface area (Å²) < 4.78 is 8.32. The summed E-state index contributed by atoms with van der Waals surface area (Å²) in [4.78, 5) is 17.1. The summed E-state index contributed by atoms with van der Waals surface area (Å²) in [5.74, 6) is 1.31. The number of aromatic nitrogens is 3. The molecule has 0 bridgehead atoms. The Bertz CT molecular complexity index is 1130. The van der Waals surface area contributed by atoms with Crippen LogP contribution in [0.15, 0.2) is 54.7 Å². The summed E-state index contributed by atoms with van der Waals surface area (Å²) in [6, 6.07) is 15.8. The topological polar surface area (TPSA) is 69.0 Å². The first-order valence-corrected chi connectivity index (χ1v) is 9.43. The van der Waals surface area contributed by atoms with Crippen LogP contribution >= 0.6 is 11.3 Å². The molecule has 3 heterocycles. The maximum absolute atomic E-state index is 12.5. The van der Waals surface area contributed by atoms with Crippen LogP contribution in [0.1, 0.15) is 23.5 Å². The van der Waals surface area contributed by atoms with Gasteiger partial charge in [-0.15, -0.1) is 0 Å². The zero-order valence-corrected chi connectivity index (χ0v) is 15.4. The lowest BCUT2D eigenvalue weighted by atomic mass is 9.87. The van der Waals surface area contributed by atoms with Gasteiger partial charge in [-0.3, -0.25) is 4.79 Å². The van der Waals surface area contributed by atoms with Crippen LogP contribution < -0.4 is 10.1 Å². The summed E-state index contributed by atoms with van der Waals surface area (Å²) in [6.45, 7) is 0. The number of hydrogen-bond acceptors (Lipinski definition) is 5. The Balaban J connectivity index is 1.65. The molecule has 27 heavy (non-hydrogen) atoms. The molecule has 1 aliphatic heterocycles. The number of carbonyl (C=O) groups excluding carboxylic acids is 1. The van der Waals surface area contributed by atoms with Crippen LogP contribution in [0.25, 0.3) is 15.3 Å². The molecular weight excluding hydrogens is 360 g/mol. The molecule has 2 aromatic heterocycles. The SMILES string of the molecule is COc1ccccc1[C@@H]1CC(=O)Nc2c1cnn2-c1nc2ccccc2s1. The third-order valence-corrected chi connectivity index (χ3v) is 5.81. The molecule has 134 valence electrons. The van der Waals surface area contributed by atoms with Gasteiger partial charge in [0.2, 0.25) is 11.0 Å². The monoisotopic (exact) mass is 376 g/mol. The molecule has 0 saturated heterocycles. The second kappa shape index (κ2) is 6.21. The first-order chi connectivity index (χ1) is 13.2. The Labute approximate surface area is 159 Å². The van der Waals surface area contributed by atoms with E-state index in [-0.39, 0.29) is 11.8 Å². The van der Waals surface area contributed by atoms with Crippen molar-refractivity contribution in [3.8, 4) is 10.9 Å². The van der Waals surface area contributed by atoms with Gasteiger partial charge in [-0.05, 0) is 18.2 Å². The number of hydrogen-bond donors (Lipinski definition) is 1. The fraction of sp³-hybridized carbons (Fsp3) is 0.150. The highest BCUT2D eigenvalue weighted by Gasteiger charge is 2.32. The van der Waals surface area contributed by atoms with Gasteiger partial charge < -0.3 is 10.1 Å². The lowest BCUT2D eigenvalue weighted by Gasteiger charge is -2.24. The highest BCUT2D eigenvalue weighted by molar-refractivity contribution is 7.20. The number of carbonyl (C=O) groups is 1. The molecule has 0 fully saturated rings. The molecule has 1 N–H and O–H groups in total. The molecule has 4 aromatic rings. The Morgan fingerprint density at radius 1 is 1.15 bits per heavy atom. The van der Waals surface area contributed by atoms with E-state index in [9.17, 15) is 4.79 Å². The van der Waals surface area contributed by atoms with E-state index in [1.807, 2.05) is 54.7 Å². The fourth-order valence-corrected chi connectivity index (χ4v) is 4.48. The lowest BCUT2D eigenvalue weighted by molar-refractivity contribution is -0.116. The largest absolute Gasteiger partial charge is 0.496 e. The zero-order valence-electron chi connectivity index (χ0n) is 14.5. The van der Waals surface area contributed by atoms with E-state index >= 15 is 0 Å². The second-order valence-corrected chi connectivity index (χ2v) is 7.38. The molecule has 1 aliphatic rings. The number of nitrogens with one attached hydrogen (secondary N) is 1. The lowest BCUT2D eigenvalue weighted by Crippen LogP contribution is -2.24. The third-order valence-electron chi connectivity index (χ3n) is 4.80. The minimum absolute atomic E-state index is 0.0405. The van der Waals surface area contributed by atoms with Crippen molar-refractivity contribution in [2.45, 2.75) is 12.3 Å². The molecule has 0 saturated carbocycles. The van der Waals surface area contributed by atoms with Crippen LogP contribution in [0.2, 0.25) is 0 Å². The first-order valence-electron chi connectivity index (χ1n) is 8.61. The first kappa shape index (κ1) is 16.0. The smallest absolute Gasteiger partial charge is 0.226 e. The molecule has 5 rings (SSSR count). The third kappa shape index (κ3) is 2.59. The average molecular weight is 376 g/mol. The minimum atomic E-state index is -0.104. The van der Waals surface area contributed by atoms with Crippen LogP contribution in [0, 0.1) is 0 Å². The standard InChI is InChI=1S/C20H16N4O2S/c1-26-16-8-4-2-6-12(16)13-10-18(25)23-19-14(13)11-21-24(19)20-22-15-7-3-5-9-17(15)27-20/h2-9,11,13H,10H2,1H3,(H,23,25)/t13-/m0/s1. The number of thiazole rings is 1. The number of anilines is 1. The highest BCUT2D eigenvalue weighted by Crippen LogP contribution is 2.41. The molecule has 0 spiro atoms. The number of nitrogens with zero attached hydrogens (tertiary/aromatic N) is 3. The average Bonchev–Trinajstić information content (AvgIpc) is 3.30. The van der Waals surface area contributed by atoms with Gasteiger partial charge in [-0.25, -0.2) is 4.98 Å². The number of fused-ring (bicyclic) bond motifs is 2. The number of ether oxygens (including phenoxy) is 1. The number of amides is 1. The highest BCUT2D eigenvalue weighted by atomic mass is 32.1. The number of benzene rings is 2. The van der Waals surface area contributed by atoms with Gasteiger partial charge in [-0.2, -0.15) is 9.78 Å². The van der Waals surface area contributed by atoms with Gasteiger partial charge in [0, 0.05) is 23.5 Å². The second-order valence-electron chi connectivity index (χ2n) is 6.37. The van der Waals surface area contributed by atoms with E-state index in [0.717, 1.165) is 32.2 Å². The number of methoxy groups -OCH3 is 1. The summed E-state index contributed by atoms with van der Waals surface area (Å²) in [5, 5.41) is 8.25. The molecule has 1 amide bonds. The van der Waals surface area contributed by atoms with Crippen molar-refractivity contribution in [1.82, 2.24) is 14.8 Å². The fourth-order valence-electron chi connectivity index (χ4n) is 3.55. The Kier molecular flexibility index (Phi) is 3.68. The van der Waals surface area contributed by atoms with Crippen LogP contribution in [-0.2, 0) is 4.79 Å². The van der Waals surface area contributed by atoms with Crippen molar-refractivity contribution >= 4 is 33.3 Å². The van der Waals surface area contributed by atoms with E-state index in [2.05, 4.69) is 15.4 Å². The number of rotatable bonds is 3. The predicted octanol–water partition coefficient (Wildman–Crippen LogP) is 3.96. The van der Waals surface area contributed by atoms with Crippen molar-refractivity contribution in [2.24, 2.45) is 0 Å². The maximum atomic E-state index is 12.5. The van der Waals surface area contributed by atoms with E-state index in [4.69, 9.17) is 4.74 Å². The van der Waals surface area contributed by atoms with E-state index in [1.54, 1.807) is 23.1 Å². The molecule has 0 unspecified atom stereocenters. The minimum Gasteiger partial charge on any atom is -0.496 e. The summed E-state index contributed by atoms with van der Waals surface area (Å²) in [7, 11) is 1.65. The van der Waals surface area contributed by atoms with E-state index in [1.165, 1.54) is 0 Å². The summed E-state index contributed by atoms with van der Waals surface area (Å²) >= 11 is 1.55. The van der Waals surface area contributed by atoms with Crippen molar-refractivity contribution < 1.29 is 9.53 Å². The molecule has 7 heteroatoms. The normalized spacial score (nSPS) is 16.2. The molecule has 1 atom stereocenters. The van der Waals surface area contributed by atoms with Crippen LogP contribution in [0.4, 0.5) is 5.82 Å². The molecule has 0 radical (unpaired) electrons. The van der Waals surface area contributed by atoms with Crippen molar-refractivity contribution in [2.75, 3.05) is 12.4 Å². The summed E-state index contributed by atoms with van der Waals surface area (Å²) in [5.41, 5.74) is 2.88. The molecular formula is C20H16N4O2S. The number of para-hydroxylation sites is 2. The van der Waals surface area contributed by atoms with Crippen LogP contribution in [0.3, 0.4) is 0 Å². The maximum Gasteiger partial charge on any atom is 0.226 e. The summed E-state index contributed by atoms with van der Waals surface area (Å²) in [6.07, 6.45) is 2.18. The van der Waals surface area contributed by atoms with E-state index in [0.29, 0.717) is 12.2 Å². The Morgan fingerprint density at radius 3 is 2.81 bits per heavy atom. The van der Waals surface area contributed by atoms with Crippen molar-refractivity contribution in [3.05, 3.63) is 65.9 Å². The van der Waals surface area contributed by atoms with Gasteiger partial charge in [0.1, 0.15) is 11.6 Å². The van der Waals surface area contributed by atoms with E-state index < -0.39 is 0 Å². The molecule has 2 aromatic carbocycles. The zero-order chi connectivity index (χ0) is 18.4. The van der Waals surface area contributed by atoms with Gasteiger partial charge in [0.15, 0.2) is 0 Å². The van der Waals surface area contributed by atoms with Gasteiger partial charge in [-0.1, -0.05) is 41.7 Å². The van der Waals surface area contributed by atoms with Gasteiger partial charge in [0.05, 0.1) is 23.5 Å². The Morgan fingerprint density at radius 2 is 1.96 bits per heavy atom. The predicted molar refractivity (Wildman–Crippen MR) is 105 cm³/mol. The Hall–Kier alpha value is -3.19. The molecule has 6 nitrogen and oxygen atoms in total. The quantitative estimate of drug-likeness (QED) is 0.587. The van der Waals surface area contributed by atoms with Crippen LogP contribution in [-0.4, -0.2) is 27.8 Å².